The molecule has 3 rings (SSSR count). The SMILES string of the molecule is CCO[P+](=O)C[C@@H](C[C@@H](COC(=O)Nc1cc(-c2ccccc2)on1)N(NCc1cccc(F)c1F)C(C)=O)OP(=O)(OCC)OCC. The molecule has 18 heteroatoms. The third-order valence-electron chi connectivity index (χ3n) is 6.39. The lowest BCUT2D eigenvalue weighted by atomic mass is 10.1. The van der Waals surface area contributed by atoms with Crippen molar-refractivity contribution in [2.24, 2.45) is 0 Å². The van der Waals surface area contributed by atoms with Crippen molar-refractivity contribution < 1.29 is 54.9 Å². The summed E-state index contributed by atoms with van der Waals surface area (Å²) in [6, 6.07) is 13.0. The fourth-order valence-electron chi connectivity index (χ4n) is 4.40. The molecule has 0 saturated heterocycles. The first kappa shape index (κ1) is 38.8. The van der Waals surface area contributed by atoms with Crippen LogP contribution in [0.2, 0.25) is 0 Å². The fourth-order valence-corrected chi connectivity index (χ4v) is 6.82. The van der Waals surface area contributed by atoms with Crippen molar-refractivity contribution in [3.8, 4) is 11.3 Å². The van der Waals surface area contributed by atoms with E-state index in [2.05, 4.69) is 15.9 Å². The molecule has 1 aromatic heterocycles. The van der Waals surface area contributed by atoms with Crippen LogP contribution >= 0.6 is 15.9 Å². The lowest BCUT2D eigenvalue weighted by Crippen LogP contribution is -2.52. The number of nitrogens with one attached hydrogen (secondary N) is 2. The molecule has 48 heavy (non-hydrogen) atoms. The number of phosphoric acid groups is 1. The van der Waals surface area contributed by atoms with E-state index in [0.29, 0.717) is 5.76 Å². The van der Waals surface area contributed by atoms with Crippen molar-refractivity contribution in [1.29, 1.82) is 0 Å². The van der Waals surface area contributed by atoms with Crippen LogP contribution in [0.15, 0.2) is 59.1 Å². The molecular formula is C30H39F2N4O10P2+. The molecular weight excluding hydrogens is 676 g/mol. The van der Waals surface area contributed by atoms with Gasteiger partial charge in [-0.25, -0.2) is 23.6 Å². The van der Waals surface area contributed by atoms with E-state index >= 15 is 0 Å². The van der Waals surface area contributed by atoms with Crippen molar-refractivity contribution >= 4 is 33.7 Å². The first-order chi connectivity index (χ1) is 23.0. The van der Waals surface area contributed by atoms with Gasteiger partial charge >= 0.3 is 21.9 Å². The Balaban J connectivity index is 1.86. The Morgan fingerprint density at radius 1 is 1.04 bits per heavy atom. The highest BCUT2D eigenvalue weighted by atomic mass is 31.2. The van der Waals surface area contributed by atoms with Crippen molar-refractivity contribution in [1.82, 2.24) is 15.6 Å². The van der Waals surface area contributed by atoms with Crippen LogP contribution in [-0.4, -0.2) is 66.9 Å². The molecule has 0 radical (unpaired) electrons. The lowest BCUT2D eigenvalue weighted by molar-refractivity contribution is -0.137. The van der Waals surface area contributed by atoms with E-state index in [0.717, 1.165) is 16.6 Å². The highest BCUT2D eigenvalue weighted by Crippen LogP contribution is 2.51. The van der Waals surface area contributed by atoms with E-state index in [1.807, 2.05) is 6.07 Å². The summed E-state index contributed by atoms with van der Waals surface area (Å²) in [6.45, 7) is 5.14. The van der Waals surface area contributed by atoms with Crippen molar-refractivity contribution in [3.63, 3.8) is 0 Å². The molecule has 3 atom stereocenters. The van der Waals surface area contributed by atoms with Gasteiger partial charge in [0.05, 0.1) is 25.9 Å². The van der Waals surface area contributed by atoms with Gasteiger partial charge in [-0.3, -0.25) is 28.7 Å². The van der Waals surface area contributed by atoms with Crippen molar-refractivity contribution in [2.75, 3.05) is 37.9 Å². The number of benzene rings is 2. The second-order valence-electron chi connectivity index (χ2n) is 9.94. The summed E-state index contributed by atoms with van der Waals surface area (Å²) in [5.41, 5.74) is 3.37. The van der Waals surface area contributed by atoms with Gasteiger partial charge in [0.1, 0.15) is 12.7 Å². The normalized spacial score (nSPS) is 13.1. The van der Waals surface area contributed by atoms with E-state index in [-0.39, 0.29) is 50.3 Å². The Bertz CT molecular complexity index is 1540. The number of carbonyl (C=O) groups excluding carboxylic acids is 2. The molecule has 1 unspecified atom stereocenters. The van der Waals surface area contributed by atoms with Gasteiger partial charge in [0.15, 0.2) is 23.2 Å². The molecule has 2 aromatic carbocycles. The summed E-state index contributed by atoms with van der Waals surface area (Å²) >= 11 is 0. The number of halogens is 2. The first-order valence-corrected chi connectivity index (χ1v) is 17.9. The van der Waals surface area contributed by atoms with E-state index in [4.69, 9.17) is 27.4 Å². The predicted molar refractivity (Wildman–Crippen MR) is 171 cm³/mol. The van der Waals surface area contributed by atoms with E-state index in [9.17, 15) is 27.5 Å². The molecule has 2 N–H and O–H groups in total. The number of hydrogen-bond donors (Lipinski definition) is 2. The number of hydrogen-bond acceptors (Lipinski definition) is 12. The third kappa shape index (κ3) is 12.1. The number of nitrogens with zero attached hydrogens (tertiary/aromatic N) is 2. The van der Waals surface area contributed by atoms with Crippen LogP contribution in [-0.2, 0) is 43.3 Å². The average Bonchev–Trinajstić information content (AvgIpc) is 3.50. The van der Waals surface area contributed by atoms with E-state index in [1.165, 1.54) is 25.1 Å². The average molecular weight is 716 g/mol. The van der Waals surface area contributed by atoms with Crippen molar-refractivity contribution in [3.05, 3.63) is 71.8 Å². The number of carbonyl (C=O) groups is 2. The van der Waals surface area contributed by atoms with Gasteiger partial charge in [-0.05, 0) is 31.4 Å². The molecule has 0 aliphatic rings. The van der Waals surface area contributed by atoms with Crippen LogP contribution in [0.5, 0.6) is 0 Å². The zero-order valence-electron chi connectivity index (χ0n) is 26.9. The first-order valence-electron chi connectivity index (χ1n) is 15.1. The smallest absolute Gasteiger partial charge is 0.447 e. The van der Waals surface area contributed by atoms with Crippen LogP contribution in [0.3, 0.4) is 0 Å². The molecule has 0 bridgehead atoms. The zero-order chi connectivity index (χ0) is 35.1. The highest BCUT2D eigenvalue weighted by molar-refractivity contribution is 7.48. The Kier molecular flexibility index (Phi) is 15.7. The minimum Gasteiger partial charge on any atom is -0.447 e. The minimum atomic E-state index is -4.18. The molecule has 0 spiro atoms. The van der Waals surface area contributed by atoms with Crippen LogP contribution in [0.1, 0.15) is 39.7 Å². The Hall–Kier alpha value is -3.62. The maximum atomic E-state index is 14.4. The van der Waals surface area contributed by atoms with Gasteiger partial charge in [0.2, 0.25) is 12.1 Å². The Morgan fingerprint density at radius 3 is 2.40 bits per heavy atom. The number of phosphoric ester groups is 1. The second-order valence-corrected chi connectivity index (χ2v) is 12.8. The number of ether oxygens (including phenoxy) is 1. The van der Waals surface area contributed by atoms with Gasteiger partial charge in [-0.2, -0.15) is 0 Å². The van der Waals surface area contributed by atoms with Gasteiger partial charge in [-0.1, -0.05) is 47.6 Å². The summed E-state index contributed by atoms with van der Waals surface area (Å²) in [7, 11) is -6.52. The van der Waals surface area contributed by atoms with Gasteiger partial charge in [0, 0.05) is 37.1 Å². The topological polar surface area (TPSA) is 168 Å². The highest BCUT2D eigenvalue weighted by Gasteiger charge is 2.38. The lowest BCUT2D eigenvalue weighted by Gasteiger charge is -2.33. The van der Waals surface area contributed by atoms with E-state index < -0.39 is 58.2 Å². The molecule has 1 heterocycles. The Labute approximate surface area is 277 Å². The third-order valence-corrected chi connectivity index (χ3v) is 9.35. The van der Waals surface area contributed by atoms with Crippen LogP contribution in [0.4, 0.5) is 19.4 Å². The predicted octanol–water partition coefficient (Wildman–Crippen LogP) is 6.83. The maximum Gasteiger partial charge on any atom is 0.510 e. The second kappa shape index (κ2) is 19.4. The minimum absolute atomic E-state index is 0.0390. The van der Waals surface area contributed by atoms with Crippen LogP contribution in [0, 0.1) is 11.6 Å². The monoisotopic (exact) mass is 715 g/mol. The summed E-state index contributed by atoms with van der Waals surface area (Å²) in [5.74, 6) is -2.39. The molecule has 2 amide bonds. The van der Waals surface area contributed by atoms with Crippen LogP contribution < -0.4 is 10.7 Å². The van der Waals surface area contributed by atoms with Gasteiger partial charge < -0.3 is 9.26 Å². The molecule has 3 aromatic rings. The van der Waals surface area contributed by atoms with Gasteiger partial charge in [-0.15, -0.1) is 4.52 Å². The fraction of sp³-hybridized carbons (Fsp3) is 0.433. The molecule has 0 aliphatic carbocycles. The summed E-state index contributed by atoms with van der Waals surface area (Å²) in [6.07, 6.45) is -2.73. The summed E-state index contributed by atoms with van der Waals surface area (Å²) in [5, 5.41) is 7.28. The molecule has 0 aliphatic heterocycles. The number of anilines is 1. The number of amides is 2. The van der Waals surface area contributed by atoms with E-state index in [1.54, 1.807) is 45.0 Å². The molecule has 0 saturated carbocycles. The molecule has 0 fully saturated rings. The number of hydrazine groups is 1. The quantitative estimate of drug-likeness (QED) is 0.0926. The number of aromatic nitrogens is 1. The number of rotatable bonds is 20. The Morgan fingerprint density at radius 2 is 1.75 bits per heavy atom. The summed E-state index contributed by atoms with van der Waals surface area (Å²) < 4.78 is 86.5. The zero-order valence-corrected chi connectivity index (χ0v) is 28.7. The molecule has 262 valence electrons. The van der Waals surface area contributed by atoms with Crippen molar-refractivity contribution in [2.45, 2.75) is 52.8 Å². The largest absolute Gasteiger partial charge is 0.510 e. The maximum absolute atomic E-state index is 14.4. The standard InChI is InChI=1S/C30H38F2N4O10P2/c1-5-42-47(39)20-25(46-48(40,43-6-2)44-7-3)16-24(36(21(4)37)33-18-23-14-11-15-26(31)29(23)32)19-41-30(38)34-28-17-27(45-35-28)22-12-9-8-10-13-22/h8-15,17,24-25,33H,5-7,16,18-20H2,1-4H3/p+1/t24-,25+/m0/s1. The summed E-state index contributed by atoms with van der Waals surface area (Å²) in [4.78, 5) is 25.8. The van der Waals surface area contributed by atoms with Crippen LogP contribution in [0.25, 0.3) is 11.3 Å². The van der Waals surface area contributed by atoms with Gasteiger partial charge in [0.25, 0.3) is 0 Å². The molecule has 14 nitrogen and oxygen atoms in total.